The lowest BCUT2D eigenvalue weighted by Crippen LogP contribution is -2.25. The van der Waals surface area contributed by atoms with Gasteiger partial charge in [-0.1, -0.05) is 24.3 Å². The molecule has 0 radical (unpaired) electrons. The molecule has 0 spiro atoms. The van der Waals surface area contributed by atoms with E-state index in [4.69, 9.17) is 10.2 Å². The molecular weight excluding hydrogens is 258 g/mol. The van der Waals surface area contributed by atoms with Crippen LogP contribution >= 0.6 is 0 Å². The Labute approximate surface area is 115 Å². The van der Waals surface area contributed by atoms with Gasteiger partial charge in [0.15, 0.2) is 0 Å². The van der Waals surface area contributed by atoms with Gasteiger partial charge in [-0.15, -0.1) is 0 Å². The van der Waals surface area contributed by atoms with Crippen molar-refractivity contribution in [2.24, 2.45) is 0 Å². The maximum absolute atomic E-state index is 11.0. The normalized spacial score (nSPS) is 10.0. The molecule has 0 aliphatic carbocycles. The average molecular weight is 271 g/mol. The Bertz CT molecular complexity index is 625. The van der Waals surface area contributed by atoms with Crippen LogP contribution in [0.4, 0.5) is 11.4 Å². The van der Waals surface area contributed by atoms with Gasteiger partial charge in [-0.3, -0.25) is 4.79 Å². The van der Waals surface area contributed by atoms with E-state index >= 15 is 0 Å². The van der Waals surface area contributed by atoms with E-state index in [9.17, 15) is 9.59 Å². The molecule has 0 aromatic heterocycles. The van der Waals surface area contributed by atoms with Gasteiger partial charge in [0.25, 0.3) is 0 Å². The number of aliphatic carboxylic acids is 1. The summed E-state index contributed by atoms with van der Waals surface area (Å²) < 4.78 is 0. The third-order valence-electron chi connectivity index (χ3n) is 2.77. The summed E-state index contributed by atoms with van der Waals surface area (Å²) in [6.07, 6.45) is 0. The molecule has 5 heteroatoms. The fraction of sp³-hybridized carbons (Fsp3) is 0.0667. The number of carbonyl (C=O) groups is 2. The number of rotatable bonds is 5. The van der Waals surface area contributed by atoms with Crippen molar-refractivity contribution in [1.29, 1.82) is 0 Å². The van der Waals surface area contributed by atoms with Crippen LogP contribution in [0.2, 0.25) is 0 Å². The van der Waals surface area contributed by atoms with Gasteiger partial charge in [0.2, 0.25) is 0 Å². The summed E-state index contributed by atoms with van der Waals surface area (Å²) in [6, 6.07) is 15.2. The minimum Gasteiger partial charge on any atom is -0.480 e. The number of carboxylic acid groups (broad SMARTS) is 2. The highest BCUT2D eigenvalue weighted by Gasteiger charge is 2.14. The molecule has 0 aliphatic heterocycles. The molecule has 0 aliphatic rings. The third-order valence-corrected chi connectivity index (χ3v) is 2.77. The van der Waals surface area contributed by atoms with E-state index < -0.39 is 11.9 Å². The Kier molecular flexibility index (Phi) is 4.00. The summed E-state index contributed by atoms with van der Waals surface area (Å²) >= 11 is 0. The van der Waals surface area contributed by atoms with Gasteiger partial charge in [-0.25, -0.2) is 4.79 Å². The summed E-state index contributed by atoms with van der Waals surface area (Å²) in [7, 11) is 0. The fourth-order valence-corrected chi connectivity index (χ4v) is 1.88. The number of para-hydroxylation sites is 1. The predicted molar refractivity (Wildman–Crippen MR) is 74.5 cm³/mol. The Hall–Kier alpha value is -2.82. The topological polar surface area (TPSA) is 77.8 Å². The zero-order chi connectivity index (χ0) is 14.5. The van der Waals surface area contributed by atoms with Crippen molar-refractivity contribution in [3.63, 3.8) is 0 Å². The van der Waals surface area contributed by atoms with E-state index in [0.29, 0.717) is 11.4 Å². The zero-order valence-electron chi connectivity index (χ0n) is 10.6. The molecule has 0 saturated carbocycles. The number of hydrogen-bond acceptors (Lipinski definition) is 3. The molecule has 0 atom stereocenters. The van der Waals surface area contributed by atoms with Crippen LogP contribution in [0.3, 0.4) is 0 Å². The van der Waals surface area contributed by atoms with Crippen molar-refractivity contribution in [3.8, 4) is 0 Å². The van der Waals surface area contributed by atoms with Crippen molar-refractivity contribution in [3.05, 3.63) is 60.2 Å². The van der Waals surface area contributed by atoms with Gasteiger partial charge in [-0.2, -0.15) is 0 Å². The number of nitrogens with zero attached hydrogens (tertiary/aromatic N) is 1. The Morgan fingerprint density at radius 1 is 0.900 bits per heavy atom. The lowest BCUT2D eigenvalue weighted by atomic mass is 10.1. The van der Waals surface area contributed by atoms with Crippen molar-refractivity contribution in [1.82, 2.24) is 0 Å². The fourth-order valence-electron chi connectivity index (χ4n) is 1.88. The lowest BCUT2D eigenvalue weighted by molar-refractivity contribution is -0.135. The van der Waals surface area contributed by atoms with Crippen molar-refractivity contribution in [2.75, 3.05) is 11.4 Å². The number of benzene rings is 2. The second-order valence-corrected chi connectivity index (χ2v) is 4.17. The minimum atomic E-state index is -1.05. The van der Waals surface area contributed by atoms with E-state index in [-0.39, 0.29) is 12.1 Å². The lowest BCUT2D eigenvalue weighted by Gasteiger charge is -2.23. The first-order chi connectivity index (χ1) is 9.58. The minimum absolute atomic E-state index is 0.119. The predicted octanol–water partition coefficient (Wildman–Crippen LogP) is 2.61. The molecule has 0 unspecified atom stereocenters. The van der Waals surface area contributed by atoms with Gasteiger partial charge in [0.1, 0.15) is 6.54 Å². The summed E-state index contributed by atoms with van der Waals surface area (Å²) in [5, 5.41) is 18.0. The second-order valence-electron chi connectivity index (χ2n) is 4.17. The van der Waals surface area contributed by atoms with Crippen LogP contribution in [0.25, 0.3) is 0 Å². The molecule has 2 rings (SSSR count). The Balaban J connectivity index is 2.44. The van der Waals surface area contributed by atoms with E-state index in [1.54, 1.807) is 41.3 Å². The third kappa shape index (κ3) is 3.14. The molecule has 0 heterocycles. The zero-order valence-corrected chi connectivity index (χ0v) is 10.6. The number of anilines is 2. The van der Waals surface area contributed by atoms with E-state index in [1.165, 1.54) is 12.1 Å². The van der Waals surface area contributed by atoms with Gasteiger partial charge < -0.3 is 15.1 Å². The highest BCUT2D eigenvalue weighted by molar-refractivity contribution is 5.89. The molecular formula is C15H13NO4. The molecule has 2 aromatic rings. The van der Waals surface area contributed by atoms with Gasteiger partial charge in [-0.05, 0) is 30.3 Å². The molecule has 2 N–H and O–H groups in total. The first-order valence-corrected chi connectivity index (χ1v) is 5.95. The first kappa shape index (κ1) is 13.6. The van der Waals surface area contributed by atoms with Gasteiger partial charge in [0, 0.05) is 11.4 Å². The largest absolute Gasteiger partial charge is 0.480 e. The maximum atomic E-state index is 11.0. The van der Waals surface area contributed by atoms with Crippen LogP contribution < -0.4 is 4.90 Å². The molecule has 0 saturated heterocycles. The molecule has 102 valence electrons. The van der Waals surface area contributed by atoms with Crippen LogP contribution in [0.1, 0.15) is 10.4 Å². The summed E-state index contributed by atoms with van der Waals surface area (Å²) in [5.41, 5.74) is 1.34. The van der Waals surface area contributed by atoms with E-state index in [2.05, 4.69) is 0 Å². The van der Waals surface area contributed by atoms with Crippen LogP contribution in [0.15, 0.2) is 54.6 Å². The standard InChI is InChI=1S/C15H13NO4/c17-14(18)10-16(12-6-2-1-3-7-12)13-8-4-5-11(9-13)15(19)20/h1-9H,10H2,(H,17,18)(H,19,20). The molecule has 5 nitrogen and oxygen atoms in total. The SMILES string of the molecule is O=C(O)CN(c1ccccc1)c1cccc(C(=O)O)c1. The molecule has 2 aromatic carbocycles. The quantitative estimate of drug-likeness (QED) is 0.874. The van der Waals surface area contributed by atoms with Crippen molar-refractivity contribution < 1.29 is 19.8 Å². The van der Waals surface area contributed by atoms with Gasteiger partial charge in [0.05, 0.1) is 5.56 Å². The Morgan fingerprint density at radius 3 is 2.15 bits per heavy atom. The number of aromatic carboxylic acids is 1. The summed E-state index contributed by atoms with van der Waals surface area (Å²) in [6.45, 7) is -0.243. The molecule has 0 amide bonds. The van der Waals surface area contributed by atoms with Gasteiger partial charge >= 0.3 is 11.9 Å². The molecule has 0 fully saturated rings. The van der Waals surface area contributed by atoms with Crippen LogP contribution in [-0.2, 0) is 4.79 Å². The second kappa shape index (κ2) is 5.88. The monoisotopic (exact) mass is 271 g/mol. The maximum Gasteiger partial charge on any atom is 0.335 e. The highest BCUT2D eigenvalue weighted by atomic mass is 16.4. The molecule has 20 heavy (non-hydrogen) atoms. The average Bonchev–Trinajstić information content (AvgIpc) is 2.45. The summed E-state index contributed by atoms with van der Waals surface area (Å²) in [5.74, 6) is -2.04. The Morgan fingerprint density at radius 2 is 1.55 bits per heavy atom. The van der Waals surface area contributed by atoms with Crippen LogP contribution in [-0.4, -0.2) is 28.7 Å². The number of carboxylic acids is 2. The van der Waals surface area contributed by atoms with E-state index in [1.807, 2.05) is 6.07 Å². The molecule has 0 bridgehead atoms. The van der Waals surface area contributed by atoms with Crippen LogP contribution in [0.5, 0.6) is 0 Å². The first-order valence-electron chi connectivity index (χ1n) is 5.95. The smallest absolute Gasteiger partial charge is 0.335 e. The van der Waals surface area contributed by atoms with Crippen LogP contribution in [0, 0.1) is 0 Å². The van der Waals surface area contributed by atoms with Crippen molar-refractivity contribution >= 4 is 23.3 Å². The number of hydrogen-bond donors (Lipinski definition) is 2. The van der Waals surface area contributed by atoms with Crippen molar-refractivity contribution in [2.45, 2.75) is 0 Å². The van der Waals surface area contributed by atoms with E-state index in [0.717, 1.165) is 0 Å². The summed E-state index contributed by atoms with van der Waals surface area (Å²) in [4.78, 5) is 23.6. The highest BCUT2D eigenvalue weighted by Crippen LogP contribution is 2.25.